The number of aromatic nitrogens is 2. The molecule has 0 radical (unpaired) electrons. The smallest absolute Gasteiger partial charge is 0.257 e. The van der Waals surface area contributed by atoms with Crippen molar-refractivity contribution in [2.75, 3.05) is 13.7 Å². The summed E-state index contributed by atoms with van der Waals surface area (Å²) in [5, 5.41) is 6.67. The standard InChI is InChI=1S/C19H18FN3O3/c1-12-17(18(26-23-12)13-5-3-6-14(20)11-13)19(24)21-10-9-15-7-4-8-16(22-15)25-2/h3-8,11H,9-10H2,1-2H3,(H,21,24). The number of carbonyl (C=O) groups is 1. The van der Waals surface area contributed by atoms with Gasteiger partial charge in [-0.05, 0) is 25.1 Å². The van der Waals surface area contributed by atoms with E-state index >= 15 is 0 Å². The van der Waals surface area contributed by atoms with Crippen molar-refractivity contribution in [2.24, 2.45) is 0 Å². The molecule has 0 saturated carbocycles. The van der Waals surface area contributed by atoms with E-state index in [0.717, 1.165) is 5.69 Å². The number of halogens is 1. The highest BCUT2D eigenvalue weighted by Gasteiger charge is 2.21. The molecular weight excluding hydrogens is 337 g/mol. The van der Waals surface area contributed by atoms with Crippen LogP contribution < -0.4 is 10.1 Å². The van der Waals surface area contributed by atoms with Crippen molar-refractivity contribution in [3.8, 4) is 17.2 Å². The molecule has 26 heavy (non-hydrogen) atoms. The number of amides is 1. The minimum Gasteiger partial charge on any atom is -0.481 e. The van der Waals surface area contributed by atoms with E-state index in [9.17, 15) is 9.18 Å². The molecule has 6 nitrogen and oxygen atoms in total. The molecule has 1 aromatic carbocycles. The summed E-state index contributed by atoms with van der Waals surface area (Å²) in [5.74, 6) is 0.0361. The molecule has 1 amide bonds. The van der Waals surface area contributed by atoms with Gasteiger partial charge in [-0.15, -0.1) is 0 Å². The molecule has 0 aliphatic heterocycles. The number of nitrogens with one attached hydrogen (secondary N) is 1. The normalized spacial score (nSPS) is 10.6. The van der Waals surface area contributed by atoms with Gasteiger partial charge in [0.2, 0.25) is 5.88 Å². The molecule has 0 aliphatic rings. The quantitative estimate of drug-likeness (QED) is 0.735. The maximum Gasteiger partial charge on any atom is 0.257 e. The van der Waals surface area contributed by atoms with Crippen molar-refractivity contribution in [3.05, 3.63) is 65.2 Å². The monoisotopic (exact) mass is 355 g/mol. The summed E-state index contributed by atoms with van der Waals surface area (Å²) < 4.78 is 23.8. The Labute approximate surface area is 150 Å². The van der Waals surface area contributed by atoms with E-state index in [2.05, 4.69) is 15.5 Å². The Morgan fingerprint density at radius 1 is 1.27 bits per heavy atom. The largest absolute Gasteiger partial charge is 0.481 e. The number of methoxy groups -OCH3 is 1. The fourth-order valence-corrected chi connectivity index (χ4v) is 2.57. The number of aryl methyl sites for hydroxylation is 1. The summed E-state index contributed by atoms with van der Waals surface area (Å²) in [7, 11) is 1.55. The second-order valence-electron chi connectivity index (χ2n) is 5.66. The molecule has 0 aliphatic carbocycles. The van der Waals surface area contributed by atoms with Crippen molar-refractivity contribution in [2.45, 2.75) is 13.3 Å². The molecule has 0 saturated heterocycles. The summed E-state index contributed by atoms with van der Waals surface area (Å²) in [6, 6.07) is 11.3. The van der Waals surface area contributed by atoms with Crippen molar-refractivity contribution in [3.63, 3.8) is 0 Å². The van der Waals surface area contributed by atoms with E-state index in [-0.39, 0.29) is 11.7 Å². The summed E-state index contributed by atoms with van der Waals surface area (Å²) in [4.78, 5) is 16.9. The number of pyridine rings is 1. The van der Waals surface area contributed by atoms with Gasteiger partial charge in [-0.25, -0.2) is 9.37 Å². The minimum absolute atomic E-state index is 0.249. The first-order chi connectivity index (χ1) is 12.6. The number of ether oxygens (including phenoxy) is 1. The highest BCUT2D eigenvalue weighted by molar-refractivity contribution is 6.00. The molecule has 7 heteroatoms. The van der Waals surface area contributed by atoms with E-state index in [1.807, 2.05) is 12.1 Å². The van der Waals surface area contributed by atoms with Crippen molar-refractivity contribution in [1.82, 2.24) is 15.5 Å². The van der Waals surface area contributed by atoms with Gasteiger partial charge in [-0.1, -0.05) is 23.4 Å². The zero-order valence-electron chi connectivity index (χ0n) is 14.5. The molecule has 2 aromatic heterocycles. The molecule has 0 spiro atoms. The summed E-state index contributed by atoms with van der Waals surface area (Å²) in [6.07, 6.45) is 0.544. The Morgan fingerprint density at radius 2 is 2.08 bits per heavy atom. The molecule has 3 aromatic rings. The molecule has 2 heterocycles. The van der Waals surface area contributed by atoms with Crippen LogP contribution in [0.3, 0.4) is 0 Å². The predicted molar refractivity (Wildman–Crippen MR) is 93.5 cm³/mol. The number of hydrogen-bond acceptors (Lipinski definition) is 5. The first-order valence-electron chi connectivity index (χ1n) is 8.09. The Kier molecular flexibility index (Phi) is 5.26. The van der Waals surface area contributed by atoms with Crippen LogP contribution in [-0.4, -0.2) is 29.7 Å². The third kappa shape index (κ3) is 3.88. The van der Waals surface area contributed by atoms with Crippen LogP contribution in [0.5, 0.6) is 5.88 Å². The Balaban J connectivity index is 1.71. The average Bonchev–Trinajstić information content (AvgIpc) is 3.03. The molecule has 3 rings (SSSR count). The van der Waals surface area contributed by atoms with Crippen LogP contribution in [0.2, 0.25) is 0 Å². The van der Waals surface area contributed by atoms with Gasteiger partial charge in [0.25, 0.3) is 5.91 Å². The van der Waals surface area contributed by atoms with Gasteiger partial charge in [0, 0.05) is 30.3 Å². The van der Waals surface area contributed by atoms with Crippen molar-refractivity contribution < 1.29 is 18.4 Å². The van der Waals surface area contributed by atoms with Crippen molar-refractivity contribution in [1.29, 1.82) is 0 Å². The Bertz CT molecular complexity index is 924. The van der Waals surface area contributed by atoms with Gasteiger partial charge in [0.05, 0.1) is 12.8 Å². The average molecular weight is 355 g/mol. The van der Waals surface area contributed by atoms with Gasteiger partial charge in [-0.3, -0.25) is 4.79 Å². The first-order valence-corrected chi connectivity index (χ1v) is 8.09. The van der Waals surface area contributed by atoms with Gasteiger partial charge in [0.1, 0.15) is 11.4 Å². The lowest BCUT2D eigenvalue weighted by atomic mass is 10.1. The lowest BCUT2D eigenvalue weighted by molar-refractivity contribution is 0.0953. The van der Waals surface area contributed by atoms with Crippen LogP contribution >= 0.6 is 0 Å². The van der Waals surface area contributed by atoms with Crippen LogP contribution in [0.4, 0.5) is 4.39 Å². The highest BCUT2D eigenvalue weighted by atomic mass is 19.1. The SMILES string of the molecule is COc1cccc(CCNC(=O)c2c(C)noc2-c2cccc(F)c2)n1. The van der Waals surface area contributed by atoms with E-state index in [1.54, 1.807) is 32.2 Å². The van der Waals surface area contributed by atoms with Crippen LogP contribution in [0, 0.1) is 12.7 Å². The Morgan fingerprint density at radius 3 is 2.85 bits per heavy atom. The summed E-state index contributed by atoms with van der Waals surface area (Å²) in [6.45, 7) is 2.05. The van der Waals surface area contributed by atoms with Crippen LogP contribution in [0.15, 0.2) is 47.0 Å². The van der Waals surface area contributed by atoms with Crippen LogP contribution in [0.1, 0.15) is 21.7 Å². The Hall–Kier alpha value is -3.22. The third-order valence-electron chi connectivity index (χ3n) is 3.83. The number of benzene rings is 1. The maximum atomic E-state index is 13.5. The lowest BCUT2D eigenvalue weighted by Gasteiger charge is -2.07. The van der Waals surface area contributed by atoms with E-state index in [1.165, 1.54) is 12.1 Å². The van der Waals surface area contributed by atoms with E-state index < -0.39 is 5.82 Å². The topological polar surface area (TPSA) is 77.2 Å². The fraction of sp³-hybridized carbons (Fsp3) is 0.211. The molecule has 1 N–H and O–H groups in total. The molecule has 0 bridgehead atoms. The predicted octanol–water partition coefficient (Wildman–Crippen LogP) is 3.17. The number of carbonyl (C=O) groups excluding carboxylic acids is 1. The third-order valence-corrected chi connectivity index (χ3v) is 3.83. The number of rotatable bonds is 6. The zero-order valence-corrected chi connectivity index (χ0v) is 14.5. The van der Waals surface area contributed by atoms with E-state index in [4.69, 9.17) is 9.26 Å². The van der Waals surface area contributed by atoms with Gasteiger partial charge in [0.15, 0.2) is 5.76 Å². The van der Waals surface area contributed by atoms with Crippen LogP contribution in [-0.2, 0) is 6.42 Å². The second kappa shape index (κ2) is 7.77. The van der Waals surface area contributed by atoms with Crippen LogP contribution in [0.25, 0.3) is 11.3 Å². The molecule has 134 valence electrons. The molecular formula is C19H18FN3O3. The second-order valence-corrected chi connectivity index (χ2v) is 5.66. The minimum atomic E-state index is -0.410. The fourth-order valence-electron chi connectivity index (χ4n) is 2.57. The zero-order chi connectivity index (χ0) is 18.5. The molecule has 0 fully saturated rings. The maximum absolute atomic E-state index is 13.5. The summed E-state index contributed by atoms with van der Waals surface area (Å²) >= 11 is 0. The molecule has 0 unspecified atom stereocenters. The van der Waals surface area contributed by atoms with Gasteiger partial charge >= 0.3 is 0 Å². The summed E-state index contributed by atoms with van der Waals surface area (Å²) in [5.41, 5.74) is 2.01. The number of hydrogen-bond donors (Lipinski definition) is 1. The lowest BCUT2D eigenvalue weighted by Crippen LogP contribution is -2.26. The van der Waals surface area contributed by atoms with Gasteiger partial charge in [-0.2, -0.15) is 0 Å². The number of nitrogens with zero attached hydrogens (tertiary/aromatic N) is 2. The van der Waals surface area contributed by atoms with Crippen molar-refractivity contribution >= 4 is 5.91 Å². The van der Waals surface area contributed by atoms with Gasteiger partial charge < -0.3 is 14.6 Å². The highest BCUT2D eigenvalue weighted by Crippen LogP contribution is 2.26. The first kappa shape index (κ1) is 17.6. The molecule has 0 atom stereocenters. The van der Waals surface area contributed by atoms with E-state index in [0.29, 0.717) is 35.7 Å².